The molecule has 0 aliphatic carbocycles. The Hall–Kier alpha value is -2.21. The van der Waals surface area contributed by atoms with Crippen molar-refractivity contribution in [2.24, 2.45) is 0 Å². The summed E-state index contributed by atoms with van der Waals surface area (Å²) < 4.78 is 19.1. The molecule has 2 aromatic rings. The number of aliphatic hydroxyl groups excluding tert-OH is 1. The number of aryl methyl sites for hydroxylation is 1. The van der Waals surface area contributed by atoms with Gasteiger partial charge in [-0.25, -0.2) is 9.37 Å². The van der Waals surface area contributed by atoms with E-state index in [2.05, 4.69) is 10.3 Å². The number of benzene rings is 1. The standard InChI is InChI=1S/C15H17FN2O3/c1-10(9-19)18-14(20)6-7-15-17-8-13(21-15)11-4-2-3-5-12(11)16/h2-5,8,10,19H,6-7,9H2,1H3,(H,18,20). The number of oxazole rings is 1. The third-order valence-corrected chi connectivity index (χ3v) is 2.94. The van der Waals surface area contributed by atoms with Crippen LogP contribution < -0.4 is 5.32 Å². The first-order valence-electron chi connectivity index (χ1n) is 6.70. The lowest BCUT2D eigenvalue weighted by molar-refractivity contribution is -0.122. The van der Waals surface area contributed by atoms with Gasteiger partial charge in [0.25, 0.3) is 0 Å². The van der Waals surface area contributed by atoms with Gasteiger partial charge in [0.1, 0.15) is 5.82 Å². The molecular weight excluding hydrogens is 275 g/mol. The summed E-state index contributed by atoms with van der Waals surface area (Å²) in [5, 5.41) is 11.5. The number of halogens is 1. The van der Waals surface area contributed by atoms with Gasteiger partial charge in [-0.15, -0.1) is 0 Å². The van der Waals surface area contributed by atoms with E-state index in [1.165, 1.54) is 12.3 Å². The summed E-state index contributed by atoms with van der Waals surface area (Å²) in [6, 6.07) is 5.99. The second kappa shape index (κ2) is 6.99. The molecule has 0 bridgehead atoms. The minimum absolute atomic E-state index is 0.109. The van der Waals surface area contributed by atoms with Gasteiger partial charge in [-0.2, -0.15) is 0 Å². The molecule has 1 aromatic heterocycles. The van der Waals surface area contributed by atoms with Crippen molar-refractivity contribution in [1.29, 1.82) is 0 Å². The summed E-state index contributed by atoms with van der Waals surface area (Å²) in [5.41, 5.74) is 0.342. The van der Waals surface area contributed by atoms with Crippen LogP contribution in [0.3, 0.4) is 0 Å². The van der Waals surface area contributed by atoms with Gasteiger partial charge in [-0.05, 0) is 19.1 Å². The predicted octanol–water partition coefficient (Wildman–Crippen LogP) is 1.91. The Labute approximate surface area is 121 Å². The Morgan fingerprint density at radius 3 is 2.95 bits per heavy atom. The third kappa shape index (κ3) is 4.13. The van der Waals surface area contributed by atoms with E-state index in [1.807, 2.05) is 0 Å². The molecule has 5 nitrogen and oxygen atoms in total. The molecule has 1 heterocycles. The summed E-state index contributed by atoms with van der Waals surface area (Å²) in [7, 11) is 0. The van der Waals surface area contributed by atoms with E-state index in [4.69, 9.17) is 9.52 Å². The third-order valence-electron chi connectivity index (χ3n) is 2.94. The monoisotopic (exact) mass is 292 g/mol. The zero-order valence-electron chi connectivity index (χ0n) is 11.7. The SMILES string of the molecule is CC(CO)NC(=O)CCc1ncc(-c2ccccc2F)o1. The van der Waals surface area contributed by atoms with Crippen LogP contribution in [0.25, 0.3) is 11.3 Å². The number of aliphatic hydroxyl groups is 1. The molecule has 0 fully saturated rings. The van der Waals surface area contributed by atoms with Crippen molar-refractivity contribution in [2.45, 2.75) is 25.8 Å². The highest BCUT2D eigenvalue weighted by Gasteiger charge is 2.12. The summed E-state index contributed by atoms with van der Waals surface area (Å²) in [6.45, 7) is 1.60. The normalized spacial score (nSPS) is 12.1. The van der Waals surface area contributed by atoms with Crippen molar-refractivity contribution in [3.05, 3.63) is 42.2 Å². The number of aromatic nitrogens is 1. The fourth-order valence-electron chi connectivity index (χ4n) is 1.82. The molecule has 0 spiro atoms. The summed E-state index contributed by atoms with van der Waals surface area (Å²) in [5.74, 6) is 0.143. The van der Waals surface area contributed by atoms with Gasteiger partial charge in [0.05, 0.1) is 18.4 Å². The Bertz CT molecular complexity index is 612. The van der Waals surface area contributed by atoms with Gasteiger partial charge in [0.2, 0.25) is 5.91 Å². The van der Waals surface area contributed by atoms with Gasteiger partial charge in [-0.3, -0.25) is 4.79 Å². The Morgan fingerprint density at radius 1 is 1.48 bits per heavy atom. The summed E-state index contributed by atoms with van der Waals surface area (Å²) >= 11 is 0. The van der Waals surface area contributed by atoms with Crippen LogP contribution in [-0.4, -0.2) is 28.6 Å². The molecule has 0 saturated heterocycles. The second-order valence-electron chi connectivity index (χ2n) is 4.75. The molecule has 1 amide bonds. The highest BCUT2D eigenvalue weighted by atomic mass is 19.1. The van der Waals surface area contributed by atoms with Gasteiger partial charge in [0, 0.05) is 18.9 Å². The van der Waals surface area contributed by atoms with E-state index in [0.29, 0.717) is 23.6 Å². The smallest absolute Gasteiger partial charge is 0.220 e. The summed E-state index contributed by atoms with van der Waals surface area (Å²) in [4.78, 5) is 15.6. The minimum Gasteiger partial charge on any atom is -0.441 e. The molecule has 0 aliphatic rings. The molecule has 1 atom stereocenters. The number of carbonyl (C=O) groups excluding carboxylic acids is 1. The highest BCUT2D eigenvalue weighted by Crippen LogP contribution is 2.23. The van der Waals surface area contributed by atoms with Gasteiger partial charge in [-0.1, -0.05) is 12.1 Å². The van der Waals surface area contributed by atoms with Gasteiger partial charge in [0.15, 0.2) is 11.7 Å². The van der Waals surface area contributed by atoms with E-state index in [9.17, 15) is 9.18 Å². The molecule has 112 valence electrons. The molecule has 0 radical (unpaired) electrons. The number of rotatable bonds is 6. The number of amides is 1. The van der Waals surface area contributed by atoms with E-state index in [0.717, 1.165) is 0 Å². The van der Waals surface area contributed by atoms with E-state index in [-0.39, 0.29) is 30.8 Å². The fourth-order valence-corrected chi connectivity index (χ4v) is 1.82. The molecule has 1 aromatic carbocycles. The van der Waals surface area contributed by atoms with Crippen molar-refractivity contribution in [3.8, 4) is 11.3 Å². The number of hydrogen-bond acceptors (Lipinski definition) is 4. The van der Waals surface area contributed by atoms with E-state index in [1.54, 1.807) is 25.1 Å². The number of carbonyl (C=O) groups is 1. The van der Waals surface area contributed by atoms with Crippen molar-refractivity contribution >= 4 is 5.91 Å². The minimum atomic E-state index is -0.380. The Balaban J connectivity index is 1.95. The lowest BCUT2D eigenvalue weighted by atomic mass is 10.2. The quantitative estimate of drug-likeness (QED) is 0.853. The molecule has 21 heavy (non-hydrogen) atoms. The second-order valence-corrected chi connectivity index (χ2v) is 4.75. The van der Waals surface area contributed by atoms with Crippen LogP contribution in [0.5, 0.6) is 0 Å². The lowest BCUT2D eigenvalue weighted by Gasteiger charge is -2.09. The molecule has 2 rings (SSSR count). The zero-order valence-corrected chi connectivity index (χ0v) is 11.7. The van der Waals surface area contributed by atoms with Crippen LogP contribution in [0.2, 0.25) is 0 Å². The topological polar surface area (TPSA) is 75.4 Å². The zero-order chi connectivity index (χ0) is 15.2. The molecule has 6 heteroatoms. The fraction of sp³-hybridized carbons (Fsp3) is 0.333. The number of nitrogens with zero attached hydrogens (tertiary/aromatic N) is 1. The molecule has 1 unspecified atom stereocenters. The Morgan fingerprint density at radius 2 is 2.24 bits per heavy atom. The molecule has 2 N–H and O–H groups in total. The average molecular weight is 292 g/mol. The van der Waals surface area contributed by atoms with Crippen LogP contribution in [0, 0.1) is 5.82 Å². The van der Waals surface area contributed by atoms with Crippen LogP contribution in [0.4, 0.5) is 4.39 Å². The maximum atomic E-state index is 13.6. The van der Waals surface area contributed by atoms with Crippen molar-refractivity contribution in [3.63, 3.8) is 0 Å². The van der Waals surface area contributed by atoms with Crippen LogP contribution >= 0.6 is 0 Å². The van der Waals surface area contributed by atoms with Crippen molar-refractivity contribution in [2.75, 3.05) is 6.61 Å². The largest absolute Gasteiger partial charge is 0.441 e. The maximum absolute atomic E-state index is 13.6. The van der Waals surface area contributed by atoms with E-state index >= 15 is 0 Å². The lowest BCUT2D eigenvalue weighted by Crippen LogP contribution is -2.35. The van der Waals surface area contributed by atoms with E-state index < -0.39 is 0 Å². The van der Waals surface area contributed by atoms with Crippen LogP contribution in [0.1, 0.15) is 19.2 Å². The van der Waals surface area contributed by atoms with Crippen molar-refractivity contribution < 1.29 is 18.7 Å². The molecule has 0 saturated carbocycles. The first-order chi connectivity index (χ1) is 10.1. The van der Waals surface area contributed by atoms with Gasteiger partial charge < -0.3 is 14.8 Å². The first-order valence-corrected chi connectivity index (χ1v) is 6.70. The predicted molar refractivity (Wildman–Crippen MR) is 74.9 cm³/mol. The maximum Gasteiger partial charge on any atom is 0.220 e. The number of nitrogens with one attached hydrogen (secondary N) is 1. The number of hydrogen-bond donors (Lipinski definition) is 2. The highest BCUT2D eigenvalue weighted by molar-refractivity contribution is 5.76. The Kier molecular flexibility index (Phi) is 5.05. The molecular formula is C15H17FN2O3. The average Bonchev–Trinajstić information content (AvgIpc) is 2.94. The van der Waals surface area contributed by atoms with Crippen LogP contribution in [0.15, 0.2) is 34.9 Å². The van der Waals surface area contributed by atoms with Gasteiger partial charge >= 0.3 is 0 Å². The van der Waals surface area contributed by atoms with Crippen molar-refractivity contribution in [1.82, 2.24) is 10.3 Å². The molecule has 0 aliphatic heterocycles. The summed E-state index contributed by atoms with van der Waals surface area (Å²) in [6.07, 6.45) is 1.96. The first kappa shape index (κ1) is 15.2. The van der Waals surface area contributed by atoms with Crippen LogP contribution in [-0.2, 0) is 11.2 Å².